The van der Waals surface area contributed by atoms with E-state index in [4.69, 9.17) is 0 Å². The topological polar surface area (TPSA) is 115 Å². The predicted octanol–water partition coefficient (Wildman–Crippen LogP) is 3.67. The Morgan fingerprint density at radius 2 is 2.03 bits per heavy atom. The van der Waals surface area contributed by atoms with Crippen molar-refractivity contribution in [3.63, 3.8) is 0 Å². The van der Waals surface area contributed by atoms with Gasteiger partial charge in [0, 0.05) is 41.5 Å². The molecule has 1 aliphatic heterocycles. The van der Waals surface area contributed by atoms with E-state index in [-0.39, 0.29) is 4.21 Å². The lowest BCUT2D eigenvalue weighted by Gasteiger charge is -2.21. The summed E-state index contributed by atoms with van der Waals surface area (Å²) in [5, 5.41) is 12.3. The number of fused-ring (bicyclic) bond motifs is 2. The first-order valence-electron chi connectivity index (χ1n) is 11.0. The molecule has 1 aliphatic carbocycles. The number of rotatable bonds is 4. The van der Waals surface area contributed by atoms with Crippen LogP contribution in [0.15, 0.2) is 40.9 Å². The van der Waals surface area contributed by atoms with Gasteiger partial charge in [-0.25, -0.2) is 17.9 Å². The van der Waals surface area contributed by atoms with Crippen LogP contribution in [0.25, 0.3) is 11.1 Å². The monoisotopic (exact) mass is 493 g/mol. The molecule has 174 valence electrons. The van der Waals surface area contributed by atoms with Gasteiger partial charge in [0.1, 0.15) is 4.21 Å². The molecule has 5 rings (SSSR count). The van der Waals surface area contributed by atoms with Crippen LogP contribution < -0.4 is 10.0 Å². The molecule has 1 aromatic carbocycles. The Bertz CT molecular complexity index is 1440. The lowest BCUT2D eigenvalue weighted by atomic mass is 9.96. The van der Waals surface area contributed by atoms with Crippen molar-refractivity contribution >= 4 is 33.1 Å². The second-order valence-electron chi connectivity index (χ2n) is 8.57. The highest BCUT2D eigenvalue weighted by Crippen LogP contribution is 2.38. The van der Waals surface area contributed by atoms with E-state index in [1.165, 1.54) is 11.3 Å². The number of nitrogens with one attached hydrogen (secondary N) is 2. The van der Waals surface area contributed by atoms with E-state index in [1.807, 2.05) is 19.2 Å². The summed E-state index contributed by atoms with van der Waals surface area (Å²) >= 11 is 1.22. The van der Waals surface area contributed by atoms with Gasteiger partial charge in [0.15, 0.2) is 0 Å². The molecule has 2 amide bonds. The van der Waals surface area contributed by atoms with Crippen molar-refractivity contribution < 1.29 is 13.2 Å². The number of urea groups is 1. The Balaban J connectivity index is 1.45. The number of aromatic nitrogens is 1. The molecule has 0 fully saturated rings. The van der Waals surface area contributed by atoms with Crippen LogP contribution in [0.1, 0.15) is 33.6 Å². The smallest absolute Gasteiger partial charge is 0.306 e. The SMILES string of the molecule is CN1CCc2sc(S(=O)(=O)NC(=O)Nc3c(-c4cnccc4C#N)ccc4c3CCC4)cc2C1. The van der Waals surface area contributed by atoms with Gasteiger partial charge in [-0.2, -0.15) is 5.26 Å². The van der Waals surface area contributed by atoms with Crippen LogP contribution in [0.5, 0.6) is 0 Å². The van der Waals surface area contributed by atoms with Gasteiger partial charge in [0.05, 0.1) is 17.3 Å². The van der Waals surface area contributed by atoms with Gasteiger partial charge in [0.25, 0.3) is 10.0 Å². The summed E-state index contributed by atoms with van der Waals surface area (Å²) in [6, 6.07) is 8.47. The lowest BCUT2D eigenvalue weighted by molar-refractivity contribution is 0.256. The first-order valence-corrected chi connectivity index (χ1v) is 13.3. The number of hydrogen-bond donors (Lipinski definition) is 2. The minimum atomic E-state index is -4.02. The molecule has 0 radical (unpaired) electrons. The largest absolute Gasteiger partial charge is 0.333 e. The molecular weight excluding hydrogens is 470 g/mol. The van der Waals surface area contributed by atoms with Crippen LogP contribution in [0.4, 0.5) is 10.5 Å². The standard InChI is InChI=1S/C24H23N5O3S2/c1-29-10-8-21-17(14-29)11-22(33-21)34(31,32)28-24(30)27-23-18-4-2-3-15(18)5-6-19(23)20-13-26-9-7-16(20)12-25/h5-7,9,11,13H,2-4,8,10,14H2,1H3,(H2,27,28,30). The van der Waals surface area contributed by atoms with Gasteiger partial charge in [-0.3, -0.25) is 4.98 Å². The zero-order valence-corrected chi connectivity index (χ0v) is 20.2. The normalized spacial score (nSPS) is 15.3. The number of amides is 2. The van der Waals surface area contributed by atoms with E-state index < -0.39 is 16.1 Å². The maximum absolute atomic E-state index is 13.0. The summed E-state index contributed by atoms with van der Waals surface area (Å²) in [5.74, 6) is 0. The van der Waals surface area contributed by atoms with E-state index in [2.05, 4.69) is 26.0 Å². The third kappa shape index (κ3) is 4.18. The number of carbonyl (C=O) groups excluding carboxylic acids is 1. The van der Waals surface area contributed by atoms with Gasteiger partial charge < -0.3 is 10.2 Å². The summed E-state index contributed by atoms with van der Waals surface area (Å²) in [7, 11) is -2.03. The van der Waals surface area contributed by atoms with Gasteiger partial charge in [0.2, 0.25) is 0 Å². The summed E-state index contributed by atoms with van der Waals surface area (Å²) in [5.41, 5.74) is 5.26. The zero-order chi connectivity index (χ0) is 23.9. The number of likely N-dealkylation sites (N-methyl/N-ethyl adjacent to an activating group) is 1. The van der Waals surface area contributed by atoms with E-state index in [1.54, 1.807) is 24.5 Å². The Kier molecular flexibility index (Phi) is 5.85. The fraction of sp³-hybridized carbons (Fsp3) is 0.292. The highest BCUT2D eigenvalue weighted by Gasteiger charge is 2.27. The Labute approximate surface area is 202 Å². The average Bonchev–Trinajstić information content (AvgIpc) is 3.46. The Hall–Kier alpha value is -3.26. The number of sulfonamides is 1. The fourth-order valence-electron chi connectivity index (χ4n) is 4.63. The molecule has 34 heavy (non-hydrogen) atoms. The van der Waals surface area contributed by atoms with Crippen LogP contribution >= 0.6 is 11.3 Å². The maximum atomic E-state index is 13.0. The number of thiophene rings is 1. The first kappa shape index (κ1) is 22.5. The first-order chi connectivity index (χ1) is 16.4. The Morgan fingerprint density at radius 1 is 1.18 bits per heavy atom. The number of hydrogen-bond acceptors (Lipinski definition) is 7. The predicted molar refractivity (Wildman–Crippen MR) is 130 cm³/mol. The number of aryl methyl sites for hydroxylation is 1. The van der Waals surface area contributed by atoms with Crippen LogP contribution in [-0.2, 0) is 35.8 Å². The number of benzene rings is 1. The molecule has 3 heterocycles. The van der Waals surface area contributed by atoms with E-state index in [9.17, 15) is 18.5 Å². The minimum Gasteiger partial charge on any atom is -0.306 e. The number of carbonyl (C=O) groups is 1. The van der Waals surface area contributed by atoms with Crippen LogP contribution in [0.3, 0.4) is 0 Å². The van der Waals surface area contributed by atoms with Crippen molar-refractivity contribution in [1.29, 1.82) is 5.26 Å². The van der Waals surface area contributed by atoms with Crippen molar-refractivity contribution in [3.05, 3.63) is 63.8 Å². The van der Waals surface area contributed by atoms with Crippen molar-refractivity contribution in [2.24, 2.45) is 0 Å². The zero-order valence-electron chi connectivity index (χ0n) is 18.6. The maximum Gasteiger partial charge on any atom is 0.333 e. The van der Waals surface area contributed by atoms with Gasteiger partial charge >= 0.3 is 6.03 Å². The summed E-state index contributed by atoms with van der Waals surface area (Å²) in [6.45, 7) is 1.57. The molecule has 0 bridgehead atoms. The van der Waals surface area contributed by atoms with Crippen molar-refractivity contribution in [2.75, 3.05) is 18.9 Å². The molecule has 10 heteroatoms. The summed E-state index contributed by atoms with van der Waals surface area (Å²) in [6.07, 6.45) is 6.52. The molecular formula is C24H23N5O3S2. The molecule has 0 saturated heterocycles. The van der Waals surface area contributed by atoms with Gasteiger partial charge in [-0.05, 0) is 61.6 Å². The molecule has 2 aromatic heterocycles. The second kappa shape index (κ2) is 8.83. The molecule has 0 unspecified atom stereocenters. The quantitative estimate of drug-likeness (QED) is 0.573. The number of nitrogens with zero attached hydrogens (tertiary/aromatic N) is 3. The second-order valence-corrected chi connectivity index (χ2v) is 11.6. The van der Waals surface area contributed by atoms with Gasteiger partial charge in [-0.1, -0.05) is 12.1 Å². The third-order valence-corrected chi connectivity index (χ3v) is 9.32. The van der Waals surface area contributed by atoms with Crippen molar-refractivity contribution in [3.8, 4) is 17.2 Å². The summed E-state index contributed by atoms with van der Waals surface area (Å²) < 4.78 is 28.3. The average molecular weight is 494 g/mol. The number of nitriles is 1. The molecule has 0 saturated carbocycles. The van der Waals surface area contributed by atoms with Gasteiger partial charge in [-0.15, -0.1) is 11.3 Å². The third-order valence-electron chi connectivity index (χ3n) is 6.28. The van der Waals surface area contributed by atoms with Crippen LogP contribution in [-0.4, -0.2) is 37.9 Å². The Morgan fingerprint density at radius 3 is 2.85 bits per heavy atom. The highest BCUT2D eigenvalue weighted by molar-refractivity contribution is 7.92. The highest BCUT2D eigenvalue weighted by atomic mass is 32.2. The van der Waals surface area contributed by atoms with Crippen LogP contribution in [0.2, 0.25) is 0 Å². The molecule has 8 nitrogen and oxygen atoms in total. The van der Waals surface area contributed by atoms with Crippen molar-refractivity contribution in [2.45, 2.75) is 36.4 Å². The van der Waals surface area contributed by atoms with E-state index in [0.29, 0.717) is 28.9 Å². The van der Waals surface area contributed by atoms with Crippen molar-refractivity contribution in [1.82, 2.24) is 14.6 Å². The van der Waals surface area contributed by atoms with E-state index in [0.717, 1.165) is 53.8 Å². The minimum absolute atomic E-state index is 0.139. The lowest BCUT2D eigenvalue weighted by Crippen LogP contribution is -2.34. The molecule has 0 atom stereocenters. The number of pyridine rings is 1. The molecule has 2 aliphatic rings. The van der Waals surface area contributed by atoms with Crippen LogP contribution in [0, 0.1) is 11.3 Å². The fourth-order valence-corrected chi connectivity index (χ4v) is 7.08. The molecule has 2 N–H and O–H groups in total. The molecule has 3 aromatic rings. The van der Waals surface area contributed by atoms with E-state index >= 15 is 0 Å². The molecule has 0 spiro atoms. The summed E-state index contributed by atoms with van der Waals surface area (Å²) in [4.78, 5) is 20.3. The number of anilines is 1.